The van der Waals surface area contributed by atoms with Gasteiger partial charge in [-0.2, -0.15) is 0 Å². The Labute approximate surface area is 153 Å². The molecule has 2 fully saturated rings. The lowest BCUT2D eigenvalue weighted by atomic mass is 10.2. The average Bonchev–Trinajstić information content (AvgIpc) is 3.22. The number of rotatable bonds is 6. The highest BCUT2D eigenvalue weighted by Gasteiger charge is 2.41. The molecule has 1 saturated heterocycles. The van der Waals surface area contributed by atoms with Crippen molar-refractivity contribution in [3.05, 3.63) is 42.4 Å². The number of aryl methyl sites for hydroxylation is 1. The topological polar surface area (TPSA) is 80.5 Å². The molecule has 2 aliphatic rings. The lowest BCUT2D eigenvalue weighted by Crippen LogP contribution is -2.42. The highest BCUT2D eigenvalue weighted by atomic mass is 32.2. The maximum atomic E-state index is 12.7. The summed E-state index contributed by atoms with van der Waals surface area (Å²) < 4.78 is 29.3. The van der Waals surface area contributed by atoms with Crippen LogP contribution in [-0.2, 0) is 21.1 Å². The van der Waals surface area contributed by atoms with Gasteiger partial charge in [0.15, 0.2) is 21.5 Å². The molecule has 0 spiro atoms. The molecule has 1 aromatic carbocycles. The van der Waals surface area contributed by atoms with Crippen molar-refractivity contribution in [3.63, 3.8) is 0 Å². The van der Waals surface area contributed by atoms with E-state index in [-0.39, 0.29) is 29.5 Å². The zero-order valence-electron chi connectivity index (χ0n) is 14.5. The van der Waals surface area contributed by atoms with Gasteiger partial charge in [-0.1, -0.05) is 30.3 Å². The molecule has 1 atom stereocenters. The van der Waals surface area contributed by atoms with E-state index in [2.05, 4.69) is 4.98 Å². The Morgan fingerprint density at radius 1 is 1.15 bits per heavy atom. The third-order valence-electron chi connectivity index (χ3n) is 4.99. The maximum absolute atomic E-state index is 12.7. The number of carbonyl (C=O) groups excluding carboxylic acids is 1. The van der Waals surface area contributed by atoms with Crippen molar-refractivity contribution in [3.8, 4) is 11.3 Å². The van der Waals surface area contributed by atoms with Gasteiger partial charge >= 0.3 is 0 Å². The zero-order chi connectivity index (χ0) is 18.1. The first-order valence-electron chi connectivity index (χ1n) is 9.03. The van der Waals surface area contributed by atoms with E-state index >= 15 is 0 Å². The number of benzene rings is 1. The molecular weight excluding hydrogens is 352 g/mol. The standard InChI is InChI=1S/C19H22N2O4S/c22-19(21(15-6-7-15)16-10-11-26(23,24)13-16)9-8-18-20-12-17(25-18)14-4-2-1-3-5-14/h1-5,12,15-16H,6-11,13H2. The summed E-state index contributed by atoms with van der Waals surface area (Å²) in [6.07, 6.45) is 4.90. The molecule has 1 aromatic heterocycles. The number of hydrogen-bond donors (Lipinski definition) is 0. The minimum Gasteiger partial charge on any atom is -0.441 e. The molecule has 7 heteroatoms. The first kappa shape index (κ1) is 17.3. The molecule has 1 unspecified atom stereocenters. The van der Waals surface area contributed by atoms with Crippen LogP contribution in [-0.4, -0.2) is 47.8 Å². The summed E-state index contributed by atoms with van der Waals surface area (Å²) in [5, 5.41) is 0. The van der Waals surface area contributed by atoms with Crippen LogP contribution in [0.4, 0.5) is 0 Å². The number of oxazole rings is 1. The average molecular weight is 374 g/mol. The minimum absolute atomic E-state index is 0.00839. The number of aromatic nitrogens is 1. The fraction of sp³-hybridized carbons (Fsp3) is 0.474. The zero-order valence-corrected chi connectivity index (χ0v) is 15.3. The SMILES string of the molecule is O=C(CCc1ncc(-c2ccccc2)o1)N(C1CC1)C1CCS(=O)(=O)C1. The van der Waals surface area contributed by atoms with Crippen LogP contribution in [0.25, 0.3) is 11.3 Å². The molecule has 1 aliphatic carbocycles. The van der Waals surface area contributed by atoms with Gasteiger partial charge in [0, 0.05) is 30.5 Å². The van der Waals surface area contributed by atoms with E-state index < -0.39 is 9.84 Å². The van der Waals surface area contributed by atoms with Crippen LogP contribution in [0.1, 0.15) is 31.6 Å². The van der Waals surface area contributed by atoms with Crippen molar-refractivity contribution in [2.45, 2.75) is 44.2 Å². The molecule has 26 heavy (non-hydrogen) atoms. The summed E-state index contributed by atoms with van der Waals surface area (Å²) in [7, 11) is -3.00. The van der Waals surface area contributed by atoms with Gasteiger partial charge in [-0.05, 0) is 19.3 Å². The molecule has 1 amide bonds. The third kappa shape index (κ3) is 3.82. The normalized spacial score (nSPS) is 21.6. The Morgan fingerprint density at radius 2 is 1.92 bits per heavy atom. The predicted octanol–water partition coefficient (Wildman–Crippen LogP) is 2.45. The van der Waals surface area contributed by atoms with Crippen molar-refractivity contribution >= 4 is 15.7 Å². The van der Waals surface area contributed by atoms with Gasteiger partial charge in [0.25, 0.3) is 0 Å². The maximum Gasteiger partial charge on any atom is 0.223 e. The molecule has 6 nitrogen and oxygen atoms in total. The number of nitrogens with zero attached hydrogens (tertiary/aromatic N) is 2. The van der Waals surface area contributed by atoms with E-state index in [0.29, 0.717) is 30.9 Å². The summed E-state index contributed by atoms with van der Waals surface area (Å²) in [5.41, 5.74) is 0.952. The Bertz CT molecular complexity index is 887. The van der Waals surface area contributed by atoms with Crippen molar-refractivity contribution in [2.75, 3.05) is 11.5 Å². The van der Waals surface area contributed by atoms with E-state index in [0.717, 1.165) is 18.4 Å². The summed E-state index contributed by atoms with van der Waals surface area (Å²) >= 11 is 0. The van der Waals surface area contributed by atoms with E-state index in [9.17, 15) is 13.2 Å². The second-order valence-corrected chi connectivity index (χ2v) is 9.30. The number of amides is 1. The molecule has 1 aliphatic heterocycles. The van der Waals surface area contributed by atoms with Crippen molar-refractivity contribution in [1.82, 2.24) is 9.88 Å². The second-order valence-electron chi connectivity index (χ2n) is 7.07. The van der Waals surface area contributed by atoms with Crippen LogP contribution < -0.4 is 0 Å². The molecule has 2 heterocycles. The fourth-order valence-corrected chi connectivity index (χ4v) is 5.27. The molecule has 138 valence electrons. The Hall–Kier alpha value is -2.15. The molecular formula is C19H22N2O4S. The smallest absolute Gasteiger partial charge is 0.223 e. The molecule has 1 saturated carbocycles. The fourth-order valence-electron chi connectivity index (χ4n) is 3.56. The Kier molecular flexibility index (Phi) is 4.56. The van der Waals surface area contributed by atoms with Gasteiger partial charge in [0.05, 0.1) is 17.7 Å². The monoisotopic (exact) mass is 374 g/mol. The highest BCUT2D eigenvalue weighted by molar-refractivity contribution is 7.91. The highest BCUT2D eigenvalue weighted by Crippen LogP contribution is 2.33. The van der Waals surface area contributed by atoms with Crippen LogP contribution in [0.3, 0.4) is 0 Å². The van der Waals surface area contributed by atoms with Crippen LogP contribution in [0.15, 0.2) is 40.9 Å². The van der Waals surface area contributed by atoms with E-state index in [4.69, 9.17) is 4.42 Å². The molecule has 0 bridgehead atoms. The van der Waals surface area contributed by atoms with E-state index in [1.165, 1.54) is 0 Å². The predicted molar refractivity (Wildman–Crippen MR) is 97.2 cm³/mol. The first-order chi connectivity index (χ1) is 12.5. The Morgan fingerprint density at radius 3 is 2.58 bits per heavy atom. The summed E-state index contributed by atoms with van der Waals surface area (Å²) in [5.74, 6) is 1.52. The van der Waals surface area contributed by atoms with E-state index in [1.807, 2.05) is 35.2 Å². The quantitative estimate of drug-likeness (QED) is 0.776. The number of hydrogen-bond acceptors (Lipinski definition) is 5. The van der Waals surface area contributed by atoms with Crippen LogP contribution in [0.2, 0.25) is 0 Å². The van der Waals surface area contributed by atoms with Crippen LogP contribution in [0.5, 0.6) is 0 Å². The number of sulfone groups is 1. The third-order valence-corrected chi connectivity index (χ3v) is 6.74. The molecule has 0 radical (unpaired) electrons. The van der Waals surface area contributed by atoms with Gasteiger partial charge < -0.3 is 9.32 Å². The van der Waals surface area contributed by atoms with Crippen LogP contribution >= 0.6 is 0 Å². The molecule has 0 N–H and O–H groups in total. The first-order valence-corrected chi connectivity index (χ1v) is 10.9. The van der Waals surface area contributed by atoms with E-state index in [1.54, 1.807) is 6.20 Å². The van der Waals surface area contributed by atoms with Crippen molar-refractivity contribution < 1.29 is 17.6 Å². The minimum atomic E-state index is -3.00. The van der Waals surface area contributed by atoms with Crippen molar-refractivity contribution in [1.29, 1.82) is 0 Å². The van der Waals surface area contributed by atoms with Gasteiger partial charge in [-0.15, -0.1) is 0 Å². The van der Waals surface area contributed by atoms with Gasteiger partial charge in [-0.3, -0.25) is 4.79 Å². The number of carbonyl (C=O) groups is 1. The summed E-state index contributed by atoms with van der Waals surface area (Å²) in [6.45, 7) is 0. The van der Waals surface area contributed by atoms with Gasteiger partial charge in [0.1, 0.15) is 0 Å². The second kappa shape index (κ2) is 6.87. The lowest BCUT2D eigenvalue weighted by molar-refractivity contribution is -0.133. The van der Waals surface area contributed by atoms with Crippen molar-refractivity contribution in [2.24, 2.45) is 0 Å². The Balaban J connectivity index is 1.39. The lowest BCUT2D eigenvalue weighted by Gasteiger charge is -2.28. The summed E-state index contributed by atoms with van der Waals surface area (Å²) in [4.78, 5) is 18.8. The molecule has 4 rings (SSSR count). The molecule has 2 aromatic rings. The largest absolute Gasteiger partial charge is 0.441 e. The van der Waals surface area contributed by atoms with Gasteiger partial charge in [-0.25, -0.2) is 13.4 Å². The summed E-state index contributed by atoms with van der Waals surface area (Å²) in [6, 6.07) is 9.76. The van der Waals surface area contributed by atoms with Gasteiger partial charge in [0.2, 0.25) is 5.91 Å². The van der Waals surface area contributed by atoms with Crippen LogP contribution in [0, 0.1) is 0 Å².